The molecule has 1 aromatic rings. The summed E-state index contributed by atoms with van der Waals surface area (Å²) in [6.45, 7) is 1.79. The van der Waals surface area contributed by atoms with Crippen molar-refractivity contribution in [3.63, 3.8) is 0 Å². The number of hydrogen-bond acceptors (Lipinski definition) is 2. The minimum atomic E-state index is -0.807. The molecule has 0 spiro atoms. The van der Waals surface area contributed by atoms with E-state index < -0.39 is 23.6 Å². The Bertz CT molecular complexity index is 431. The first-order chi connectivity index (χ1) is 7.93. The fraction of sp³-hybridized carbons (Fsp3) is 0.273. The fourth-order valence-electron chi connectivity index (χ4n) is 1.30. The predicted molar refractivity (Wildman–Crippen MR) is 64.7 cm³/mol. The zero-order valence-electron chi connectivity index (χ0n) is 9.17. The molecule has 1 atom stereocenters. The van der Waals surface area contributed by atoms with Crippen LogP contribution in [0.5, 0.6) is 0 Å². The second-order valence-electron chi connectivity index (χ2n) is 3.49. The number of nitrogens with two attached hydrogens (primary N) is 1. The van der Waals surface area contributed by atoms with Crippen LogP contribution in [0.1, 0.15) is 23.7 Å². The monoisotopic (exact) mass is 258 g/mol. The van der Waals surface area contributed by atoms with Gasteiger partial charge in [-0.1, -0.05) is 19.1 Å². The molecule has 0 saturated heterocycles. The Labute approximate surface area is 103 Å². The van der Waals surface area contributed by atoms with Crippen molar-refractivity contribution in [1.29, 1.82) is 0 Å². The summed E-state index contributed by atoms with van der Waals surface area (Å²) in [5.74, 6) is -2.22. The molecule has 0 aromatic heterocycles. The lowest BCUT2D eigenvalue weighted by atomic mass is 10.1. The molecule has 1 rings (SSSR count). The number of carbonyl (C=O) groups is 1. The Hall–Kier alpha value is -1.56. The zero-order valence-corrected chi connectivity index (χ0v) is 9.98. The van der Waals surface area contributed by atoms with Crippen LogP contribution in [0.3, 0.4) is 0 Å². The molecular formula is C11H12F2N2OS. The molecule has 6 heteroatoms. The number of hydrogen-bond donors (Lipinski definition) is 2. The summed E-state index contributed by atoms with van der Waals surface area (Å²) in [5, 5.41) is 2.50. The lowest BCUT2D eigenvalue weighted by Crippen LogP contribution is -2.43. The highest BCUT2D eigenvalue weighted by molar-refractivity contribution is 7.80. The summed E-state index contributed by atoms with van der Waals surface area (Å²) in [6, 6.07) is 2.11. The number of carbonyl (C=O) groups excluding carboxylic acids is 1. The molecule has 0 aliphatic rings. The largest absolute Gasteiger partial charge is 0.392 e. The van der Waals surface area contributed by atoms with E-state index in [1.165, 1.54) is 0 Å². The summed E-state index contributed by atoms with van der Waals surface area (Å²) in [7, 11) is 0. The van der Waals surface area contributed by atoms with Crippen LogP contribution in [0.25, 0.3) is 0 Å². The minimum Gasteiger partial charge on any atom is -0.392 e. The van der Waals surface area contributed by atoms with Gasteiger partial charge in [-0.25, -0.2) is 8.78 Å². The van der Waals surface area contributed by atoms with Crippen molar-refractivity contribution in [1.82, 2.24) is 5.32 Å². The maximum atomic E-state index is 12.9. The third kappa shape index (κ3) is 3.74. The molecule has 3 nitrogen and oxygen atoms in total. The maximum absolute atomic E-state index is 12.9. The normalized spacial score (nSPS) is 11.9. The molecule has 1 amide bonds. The first-order valence-corrected chi connectivity index (χ1v) is 5.41. The molecule has 0 bridgehead atoms. The van der Waals surface area contributed by atoms with Crippen molar-refractivity contribution in [2.45, 2.75) is 19.4 Å². The molecule has 1 unspecified atom stereocenters. The van der Waals surface area contributed by atoms with Crippen LogP contribution in [-0.2, 0) is 0 Å². The van der Waals surface area contributed by atoms with Crippen molar-refractivity contribution in [2.24, 2.45) is 5.73 Å². The summed E-state index contributed by atoms with van der Waals surface area (Å²) < 4.78 is 25.8. The molecule has 0 radical (unpaired) electrons. The van der Waals surface area contributed by atoms with E-state index in [2.05, 4.69) is 5.32 Å². The molecular weight excluding hydrogens is 246 g/mol. The molecule has 0 heterocycles. The second-order valence-corrected chi connectivity index (χ2v) is 3.97. The van der Waals surface area contributed by atoms with E-state index in [0.717, 1.165) is 12.1 Å². The number of nitrogens with one attached hydrogen (secondary N) is 1. The van der Waals surface area contributed by atoms with Gasteiger partial charge in [0.05, 0.1) is 11.0 Å². The van der Waals surface area contributed by atoms with Crippen molar-refractivity contribution >= 4 is 23.1 Å². The average molecular weight is 258 g/mol. The number of benzene rings is 1. The number of rotatable bonds is 4. The second kappa shape index (κ2) is 5.67. The SMILES string of the molecule is CCC(NC(=O)c1cc(F)cc(F)c1)C(N)=S. The summed E-state index contributed by atoms with van der Waals surface area (Å²) >= 11 is 4.75. The van der Waals surface area contributed by atoms with E-state index in [-0.39, 0.29) is 10.6 Å². The molecule has 0 saturated carbocycles. The van der Waals surface area contributed by atoms with Crippen molar-refractivity contribution < 1.29 is 13.6 Å². The van der Waals surface area contributed by atoms with E-state index in [0.29, 0.717) is 12.5 Å². The first kappa shape index (κ1) is 13.5. The van der Waals surface area contributed by atoms with Crippen LogP contribution in [-0.4, -0.2) is 16.9 Å². The minimum absolute atomic E-state index is 0.0998. The van der Waals surface area contributed by atoms with Gasteiger partial charge in [0, 0.05) is 11.6 Å². The van der Waals surface area contributed by atoms with Gasteiger partial charge in [-0.15, -0.1) is 0 Å². The summed E-state index contributed by atoms with van der Waals surface area (Å²) in [6.07, 6.45) is 0.513. The topological polar surface area (TPSA) is 55.1 Å². The van der Waals surface area contributed by atoms with Gasteiger partial charge >= 0.3 is 0 Å². The Morgan fingerprint density at radius 3 is 2.35 bits per heavy atom. The van der Waals surface area contributed by atoms with Crippen LogP contribution in [0.2, 0.25) is 0 Å². The van der Waals surface area contributed by atoms with Crippen LogP contribution in [0.4, 0.5) is 8.78 Å². The molecule has 0 fully saturated rings. The Kier molecular flexibility index (Phi) is 4.51. The Morgan fingerprint density at radius 1 is 1.41 bits per heavy atom. The number of thiocarbonyl (C=S) groups is 1. The van der Waals surface area contributed by atoms with Crippen LogP contribution >= 0.6 is 12.2 Å². The summed E-state index contributed by atoms with van der Waals surface area (Å²) in [4.78, 5) is 11.8. The molecule has 17 heavy (non-hydrogen) atoms. The maximum Gasteiger partial charge on any atom is 0.252 e. The summed E-state index contributed by atoms with van der Waals surface area (Å²) in [5.41, 5.74) is 5.30. The van der Waals surface area contributed by atoms with E-state index in [1.807, 2.05) is 0 Å². The molecule has 3 N–H and O–H groups in total. The number of halogens is 2. The molecule has 0 aliphatic heterocycles. The van der Waals surface area contributed by atoms with Crippen molar-refractivity contribution in [3.8, 4) is 0 Å². The first-order valence-electron chi connectivity index (χ1n) is 5.00. The standard InChI is InChI=1S/C11H12F2N2OS/c1-2-9(10(14)17)15-11(16)6-3-7(12)5-8(13)4-6/h3-5,9H,2H2,1H3,(H2,14,17)(H,15,16). The highest BCUT2D eigenvalue weighted by Gasteiger charge is 2.15. The highest BCUT2D eigenvalue weighted by Crippen LogP contribution is 2.08. The Balaban J connectivity index is 2.86. The average Bonchev–Trinajstić information content (AvgIpc) is 2.23. The highest BCUT2D eigenvalue weighted by atomic mass is 32.1. The lowest BCUT2D eigenvalue weighted by Gasteiger charge is -2.15. The predicted octanol–water partition coefficient (Wildman–Crippen LogP) is 1.76. The van der Waals surface area contributed by atoms with E-state index >= 15 is 0 Å². The smallest absolute Gasteiger partial charge is 0.252 e. The van der Waals surface area contributed by atoms with Crippen molar-refractivity contribution in [3.05, 3.63) is 35.4 Å². The van der Waals surface area contributed by atoms with Gasteiger partial charge in [-0.3, -0.25) is 4.79 Å². The van der Waals surface area contributed by atoms with Crippen LogP contribution in [0.15, 0.2) is 18.2 Å². The molecule has 92 valence electrons. The Morgan fingerprint density at radius 2 is 1.94 bits per heavy atom. The fourth-order valence-corrected chi connectivity index (χ4v) is 1.53. The van der Waals surface area contributed by atoms with E-state index in [4.69, 9.17) is 18.0 Å². The van der Waals surface area contributed by atoms with Gasteiger partial charge in [0.2, 0.25) is 0 Å². The zero-order chi connectivity index (χ0) is 13.0. The van der Waals surface area contributed by atoms with Crippen LogP contribution in [0, 0.1) is 11.6 Å². The molecule has 0 aliphatic carbocycles. The van der Waals surface area contributed by atoms with Gasteiger partial charge in [-0.2, -0.15) is 0 Å². The van der Waals surface area contributed by atoms with Gasteiger partial charge in [0.1, 0.15) is 11.6 Å². The van der Waals surface area contributed by atoms with Gasteiger partial charge < -0.3 is 11.1 Å². The van der Waals surface area contributed by atoms with Crippen LogP contribution < -0.4 is 11.1 Å². The van der Waals surface area contributed by atoms with Gasteiger partial charge in [0.25, 0.3) is 5.91 Å². The van der Waals surface area contributed by atoms with Crippen molar-refractivity contribution in [2.75, 3.05) is 0 Å². The third-order valence-electron chi connectivity index (χ3n) is 2.18. The third-order valence-corrected chi connectivity index (χ3v) is 2.47. The lowest BCUT2D eigenvalue weighted by molar-refractivity contribution is 0.0945. The molecule has 1 aromatic carbocycles. The number of amides is 1. The quantitative estimate of drug-likeness (QED) is 0.809. The van der Waals surface area contributed by atoms with Gasteiger partial charge in [0.15, 0.2) is 0 Å². The van der Waals surface area contributed by atoms with E-state index in [9.17, 15) is 13.6 Å². The van der Waals surface area contributed by atoms with E-state index in [1.54, 1.807) is 6.92 Å². The van der Waals surface area contributed by atoms with Gasteiger partial charge in [-0.05, 0) is 18.6 Å².